The minimum atomic E-state index is 1.04. The van der Waals surface area contributed by atoms with Gasteiger partial charge in [0.1, 0.15) is 0 Å². The molecule has 0 unspecified atom stereocenters. The van der Waals surface area contributed by atoms with Crippen LogP contribution in [0.25, 0.3) is 75.8 Å². The van der Waals surface area contributed by atoms with E-state index >= 15 is 0 Å². The number of rotatable bonds is 11. The first-order valence-electron chi connectivity index (χ1n) is 23.5. The summed E-state index contributed by atoms with van der Waals surface area (Å²) in [6.07, 6.45) is 0. The molecule has 0 aliphatic heterocycles. The van der Waals surface area contributed by atoms with Gasteiger partial charge in [-0.3, -0.25) is 0 Å². The van der Waals surface area contributed by atoms with E-state index in [4.69, 9.17) is 0 Å². The van der Waals surface area contributed by atoms with Crippen LogP contribution in [-0.2, 0) is 0 Å². The van der Waals surface area contributed by atoms with Crippen LogP contribution in [0.5, 0.6) is 0 Å². The molecule has 0 radical (unpaired) electrons. The van der Waals surface area contributed by atoms with Gasteiger partial charge in [-0.2, -0.15) is 0 Å². The van der Waals surface area contributed by atoms with Crippen molar-refractivity contribution in [2.45, 2.75) is 0 Å². The van der Waals surface area contributed by atoms with Crippen LogP contribution in [0.2, 0.25) is 0 Å². The Kier molecular flexibility index (Phi) is 11.2. The fourth-order valence-corrected chi connectivity index (χ4v) is 10.8. The van der Waals surface area contributed by atoms with Gasteiger partial charge in [0, 0.05) is 42.9 Å². The zero-order chi connectivity index (χ0) is 45.9. The first-order chi connectivity index (χ1) is 34.2. The van der Waals surface area contributed by atoms with Crippen molar-refractivity contribution < 1.29 is 0 Å². The molecule has 0 bridgehead atoms. The SMILES string of the molecule is c1ccc(-c2ccc(N(c3ccc(-c4ccccc4)cc3)c3cc(-c4ccccc4)c(-c4ccccc4)cc3N(c3ccc(-c4ccccc4)cc3)c3ccc4c(c3)sc3ccccc34)cc2)cc1. The standard InChI is InChI=1S/C66H46N2S/c1-6-18-47(19-7-1)50-30-36-55(37-31-50)67(56-38-32-51(33-39-56)48-20-8-2-9-21-48)63-45-61(53-24-12-4-13-25-53)62(54-26-14-5-15-27-54)46-64(63)68(57-40-34-52(35-41-57)49-22-10-3-11-23-49)58-42-43-60-59-28-16-17-29-65(59)69-66(60)44-58/h1-46H. The van der Waals surface area contributed by atoms with Gasteiger partial charge in [0.05, 0.1) is 11.4 Å². The van der Waals surface area contributed by atoms with Gasteiger partial charge in [-0.15, -0.1) is 11.3 Å². The quantitative estimate of drug-likeness (QED) is 0.128. The van der Waals surface area contributed by atoms with E-state index in [9.17, 15) is 0 Å². The van der Waals surface area contributed by atoms with Gasteiger partial charge in [-0.05, 0) is 122 Å². The maximum atomic E-state index is 2.47. The number of hydrogen-bond donors (Lipinski definition) is 0. The van der Waals surface area contributed by atoms with E-state index in [1.165, 1.54) is 53.6 Å². The average molecular weight is 899 g/mol. The van der Waals surface area contributed by atoms with Gasteiger partial charge in [-0.25, -0.2) is 0 Å². The molecule has 11 aromatic carbocycles. The molecular weight excluding hydrogens is 853 g/mol. The predicted molar refractivity (Wildman–Crippen MR) is 296 cm³/mol. The Bertz CT molecular complexity index is 3580. The third-order valence-corrected chi connectivity index (χ3v) is 14.2. The number of benzene rings is 11. The van der Waals surface area contributed by atoms with Crippen LogP contribution in [0.4, 0.5) is 34.1 Å². The fourth-order valence-electron chi connectivity index (χ4n) is 9.66. The van der Waals surface area contributed by atoms with Gasteiger partial charge < -0.3 is 9.80 Å². The molecule has 0 amide bonds. The summed E-state index contributed by atoms with van der Waals surface area (Å²) >= 11 is 1.85. The number of anilines is 6. The van der Waals surface area contributed by atoms with Gasteiger partial charge in [0.2, 0.25) is 0 Å². The second-order valence-electron chi connectivity index (χ2n) is 17.3. The van der Waals surface area contributed by atoms with Crippen LogP contribution in [0.3, 0.4) is 0 Å². The van der Waals surface area contributed by atoms with Crippen molar-refractivity contribution in [1.82, 2.24) is 0 Å². The molecule has 3 heteroatoms. The smallest absolute Gasteiger partial charge is 0.0709 e. The molecule has 0 aliphatic carbocycles. The number of hydrogen-bond acceptors (Lipinski definition) is 3. The summed E-state index contributed by atoms with van der Waals surface area (Å²) in [4.78, 5) is 4.92. The number of thiophene rings is 1. The van der Waals surface area contributed by atoms with E-state index in [-0.39, 0.29) is 0 Å². The highest BCUT2D eigenvalue weighted by molar-refractivity contribution is 7.25. The summed E-state index contributed by atoms with van der Waals surface area (Å²) < 4.78 is 2.53. The minimum absolute atomic E-state index is 1.04. The van der Waals surface area contributed by atoms with Gasteiger partial charge in [0.25, 0.3) is 0 Å². The lowest BCUT2D eigenvalue weighted by Crippen LogP contribution is -2.17. The molecule has 0 saturated heterocycles. The molecule has 69 heavy (non-hydrogen) atoms. The zero-order valence-electron chi connectivity index (χ0n) is 37.9. The van der Waals surface area contributed by atoms with Crippen molar-refractivity contribution in [3.63, 3.8) is 0 Å². The molecule has 1 aromatic heterocycles. The summed E-state index contributed by atoms with van der Waals surface area (Å²) in [6.45, 7) is 0. The summed E-state index contributed by atoms with van der Waals surface area (Å²) in [5.74, 6) is 0. The second kappa shape index (κ2) is 18.5. The largest absolute Gasteiger partial charge is 0.308 e. The van der Waals surface area contributed by atoms with Gasteiger partial charge in [0.15, 0.2) is 0 Å². The van der Waals surface area contributed by atoms with Crippen LogP contribution in [-0.4, -0.2) is 0 Å². The molecule has 0 aliphatic rings. The highest BCUT2D eigenvalue weighted by Gasteiger charge is 2.26. The third-order valence-electron chi connectivity index (χ3n) is 13.1. The van der Waals surface area contributed by atoms with Gasteiger partial charge >= 0.3 is 0 Å². The molecule has 0 N–H and O–H groups in total. The van der Waals surface area contributed by atoms with E-state index in [0.29, 0.717) is 0 Å². The first-order valence-corrected chi connectivity index (χ1v) is 24.3. The lowest BCUT2D eigenvalue weighted by atomic mass is 9.92. The molecule has 0 atom stereocenters. The molecule has 1 heterocycles. The normalized spacial score (nSPS) is 11.2. The topological polar surface area (TPSA) is 6.48 Å². The Morgan fingerprint density at radius 3 is 0.928 bits per heavy atom. The number of nitrogens with zero attached hydrogens (tertiary/aromatic N) is 2. The van der Waals surface area contributed by atoms with Crippen LogP contribution in [0.1, 0.15) is 0 Å². The van der Waals surface area contributed by atoms with Crippen molar-refractivity contribution in [1.29, 1.82) is 0 Å². The molecule has 12 rings (SSSR count). The lowest BCUT2D eigenvalue weighted by Gasteiger charge is -2.34. The van der Waals surface area contributed by atoms with Crippen molar-refractivity contribution >= 4 is 65.6 Å². The summed E-state index contributed by atoms with van der Waals surface area (Å²) in [5, 5.41) is 2.55. The molecule has 2 nitrogen and oxygen atoms in total. The van der Waals surface area contributed by atoms with Crippen molar-refractivity contribution in [2.24, 2.45) is 0 Å². The highest BCUT2D eigenvalue weighted by Crippen LogP contribution is 2.51. The van der Waals surface area contributed by atoms with E-state index in [2.05, 4.69) is 289 Å². The van der Waals surface area contributed by atoms with Crippen molar-refractivity contribution in [3.8, 4) is 55.6 Å². The molecule has 326 valence electrons. The van der Waals surface area contributed by atoms with Crippen LogP contribution >= 0.6 is 11.3 Å². The fraction of sp³-hybridized carbons (Fsp3) is 0. The van der Waals surface area contributed by atoms with E-state index < -0.39 is 0 Å². The monoisotopic (exact) mass is 898 g/mol. The summed E-state index contributed by atoms with van der Waals surface area (Å²) in [6, 6.07) is 101. The highest BCUT2D eigenvalue weighted by atomic mass is 32.1. The van der Waals surface area contributed by atoms with Crippen LogP contribution < -0.4 is 9.80 Å². The van der Waals surface area contributed by atoms with Crippen LogP contribution in [0, 0.1) is 0 Å². The first kappa shape index (κ1) is 41.7. The maximum Gasteiger partial charge on any atom is 0.0709 e. The molecule has 0 fully saturated rings. The van der Waals surface area contributed by atoms with E-state index in [1.54, 1.807) is 0 Å². The maximum absolute atomic E-state index is 2.47. The van der Waals surface area contributed by atoms with E-state index in [0.717, 1.165) is 56.4 Å². The molecule has 12 aromatic rings. The van der Waals surface area contributed by atoms with E-state index in [1.807, 2.05) is 11.3 Å². The third kappa shape index (κ3) is 8.27. The molecule has 0 saturated carbocycles. The Hall–Kier alpha value is -8.76. The zero-order valence-corrected chi connectivity index (χ0v) is 38.7. The lowest BCUT2D eigenvalue weighted by molar-refractivity contribution is 1.23. The summed E-state index contributed by atoms with van der Waals surface area (Å²) in [5.41, 5.74) is 18.0. The molecular formula is C66H46N2S. The Labute approximate surface area is 407 Å². The Morgan fingerprint density at radius 2 is 0.522 bits per heavy atom. The number of fused-ring (bicyclic) bond motifs is 3. The predicted octanol–water partition coefficient (Wildman–Crippen LogP) is 19.3. The van der Waals surface area contributed by atoms with Crippen LogP contribution in [0.15, 0.2) is 279 Å². The Morgan fingerprint density at radius 1 is 0.217 bits per heavy atom. The van der Waals surface area contributed by atoms with Gasteiger partial charge in [-0.1, -0.05) is 212 Å². The Balaban J connectivity index is 1.15. The van der Waals surface area contributed by atoms with Crippen molar-refractivity contribution in [2.75, 3.05) is 9.80 Å². The average Bonchev–Trinajstić information content (AvgIpc) is 3.81. The summed E-state index contributed by atoms with van der Waals surface area (Å²) in [7, 11) is 0. The minimum Gasteiger partial charge on any atom is -0.308 e. The van der Waals surface area contributed by atoms with Crippen molar-refractivity contribution in [3.05, 3.63) is 279 Å². The second-order valence-corrected chi connectivity index (χ2v) is 18.4. The molecule has 0 spiro atoms.